The van der Waals surface area contributed by atoms with Gasteiger partial charge in [0.05, 0.1) is 11.6 Å². The summed E-state index contributed by atoms with van der Waals surface area (Å²) in [4.78, 5) is 12.3. The van der Waals surface area contributed by atoms with Gasteiger partial charge in [0.25, 0.3) is 0 Å². The van der Waals surface area contributed by atoms with Crippen LogP contribution in [0.1, 0.15) is 49.4 Å². The fraction of sp³-hybridized carbons (Fsp3) is 0.562. The summed E-state index contributed by atoms with van der Waals surface area (Å²) in [6.45, 7) is 7.99. The van der Waals surface area contributed by atoms with Crippen molar-refractivity contribution in [2.24, 2.45) is 11.7 Å². The summed E-state index contributed by atoms with van der Waals surface area (Å²) in [7, 11) is 0. The van der Waals surface area contributed by atoms with Crippen LogP contribution in [0.25, 0.3) is 0 Å². The molecule has 0 spiro atoms. The van der Waals surface area contributed by atoms with Crippen molar-refractivity contribution in [1.29, 1.82) is 0 Å². The number of benzene rings is 1. The van der Waals surface area contributed by atoms with E-state index < -0.39 is 5.54 Å². The monoisotopic (exact) mass is 260 g/mol. The van der Waals surface area contributed by atoms with Crippen molar-refractivity contribution in [1.82, 2.24) is 5.32 Å². The lowest BCUT2D eigenvalue weighted by atomic mass is 9.94. The largest absolute Gasteiger partial charge is 0.348 e. The minimum atomic E-state index is -0.730. The van der Waals surface area contributed by atoms with Gasteiger partial charge in [-0.2, -0.15) is 0 Å². The molecule has 1 amide bonds. The van der Waals surface area contributed by atoms with Crippen molar-refractivity contribution in [3.8, 4) is 0 Å². The normalized spacial score (nSPS) is 19.6. The molecule has 2 rings (SSSR count). The minimum Gasteiger partial charge on any atom is -0.348 e. The number of carbonyl (C=O) groups is 1. The van der Waals surface area contributed by atoms with Gasteiger partial charge in [0, 0.05) is 0 Å². The number of hydrogen-bond donors (Lipinski definition) is 2. The number of nitrogens with two attached hydrogens (primary N) is 1. The predicted molar refractivity (Wildman–Crippen MR) is 77.8 cm³/mol. The lowest BCUT2D eigenvalue weighted by Crippen LogP contribution is -2.53. The number of aryl methyl sites for hydroxylation is 2. The molecule has 1 aromatic carbocycles. The van der Waals surface area contributed by atoms with Gasteiger partial charge in [-0.15, -0.1) is 0 Å². The topological polar surface area (TPSA) is 55.1 Å². The number of amides is 1. The summed E-state index contributed by atoms with van der Waals surface area (Å²) >= 11 is 0. The Bertz CT molecular complexity index is 490. The van der Waals surface area contributed by atoms with Crippen LogP contribution in [0.15, 0.2) is 18.2 Å². The van der Waals surface area contributed by atoms with Gasteiger partial charge >= 0.3 is 0 Å². The molecule has 0 saturated heterocycles. The highest BCUT2D eigenvalue weighted by Crippen LogP contribution is 2.38. The van der Waals surface area contributed by atoms with Gasteiger partial charge in [-0.3, -0.25) is 4.79 Å². The summed E-state index contributed by atoms with van der Waals surface area (Å²) < 4.78 is 0. The maximum absolute atomic E-state index is 12.3. The molecule has 1 aliphatic rings. The van der Waals surface area contributed by atoms with E-state index in [0.717, 1.165) is 12.8 Å². The molecule has 3 N–H and O–H groups in total. The van der Waals surface area contributed by atoms with E-state index in [9.17, 15) is 4.79 Å². The number of carbonyl (C=O) groups excluding carboxylic acids is 1. The van der Waals surface area contributed by atoms with Crippen molar-refractivity contribution in [2.45, 2.75) is 52.1 Å². The number of rotatable bonds is 4. The van der Waals surface area contributed by atoms with Crippen LogP contribution in [0.3, 0.4) is 0 Å². The van der Waals surface area contributed by atoms with Crippen LogP contribution in [-0.2, 0) is 4.79 Å². The standard InChI is InChI=1S/C16H24N2O/c1-10-5-6-11(2)14(9-10)12(3)18-15(19)16(4,17)13-7-8-13/h5-6,9,12-13H,7-8,17H2,1-4H3,(H,18,19). The Morgan fingerprint density at radius 1 is 1.42 bits per heavy atom. The van der Waals surface area contributed by atoms with E-state index in [2.05, 4.69) is 37.4 Å². The summed E-state index contributed by atoms with van der Waals surface area (Å²) in [5.41, 5.74) is 8.99. The summed E-state index contributed by atoms with van der Waals surface area (Å²) in [5, 5.41) is 3.06. The molecular weight excluding hydrogens is 236 g/mol. The fourth-order valence-electron chi connectivity index (χ4n) is 2.52. The van der Waals surface area contributed by atoms with Gasteiger partial charge < -0.3 is 11.1 Å². The first-order valence-corrected chi connectivity index (χ1v) is 6.99. The molecule has 0 aromatic heterocycles. The van der Waals surface area contributed by atoms with E-state index in [1.54, 1.807) is 0 Å². The van der Waals surface area contributed by atoms with Gasteiger partial charge in [-0.1, -0.05) is 23.8 Å². The van der Waals surface area contributed by atoms with Gasteiger partial charge in [-0.05, 0) is 57.6 Å². The van der Waals surface area contributed by atoms with Crippen LogP contribution in [0, 0.1) is 19.8 Å². The molecule has 3 nitrogen and oxygen atoms in total. The molecule has 2 atom stereocenters. The third-order valence-electron chi connectivity index (χ3n) is 4.16. The first-order chi connectivity index (χ1) is 8.82. The molecule has 1 fully saturated rings. The molecule has 0 radical (unpaired) electrons. The van der Waals surface area contributed by atoms with Crippen LogP contribution in [0.5, 0.6) is 0 Å². The molecule has 104 valence electrons. The first-order valence-electron chi connectivity index (χ1n) is 6.99. The second-order valence-electron chi connectivity index (χ2n) is 6.11. The highest BCUT2D eigenvalue weighted by molar-refractivity contribution is 5.86. The molecule has 1 saturated carbocycles. The molecule has 1 aromatic rings. The molecule has 19 heavy (non-hydrogen) atoms. The quantitative estimate of drug-likeness (QED) is 0.874. The van der Waals surface area contributed by atoms with Crippen LogP contribution in [0.4, 0.5) is 0 Å². The van der Waals surface area contributed by atoms with Gasteiger partial charge in [0.1, 0.15) is 0 Å². The lowest BCUT2D eigenvalue weighted by molar-refractivity contribution is -0.127. The van der Waals surface area contributed by atoms with Crippen molar-refractivity contribution in [2.75, 3.05) is 0 Å². The zero-order valence-electron chi connectivity index (χ0n) is 12.3. The van der Waals surface area contributed by atoms with Gasteiger partial charge in [0.15, 0.2) is 0 Å². The highest BCUT2D eigenvalue weighted by atomic mass is 16.2. The fourth-order valence-corrected chi connectivity index (χ4v) is 2.52. The molecule has 0 bridgehead atoms. The third-order valence-corrected chi connectivity index (χ3v) is 4.16. The second-order valence-corrected chi connectivity index (χ2v) is 6.11. The maximum atomic E-state index is 12.3. The Morgan fingerprint density at radius 2 is 2.05 bits per heavy atom. The van der Waals surface area contributed by atoms with Crippen LogP contribution >= 0.6 is 0 Å². The van der Waals surface area contributed by atoms with E-state index >= 15 is 0 Å². The van der Waals surface area contributed by atoms with Crippen LogP contribution < -0.4 is 11.1 Å². The number of hydrogen-bond acceptors (Lipinski definition) is 2. The lowest BCUT2D eigenvalue weighted by Gasteiger charge is -2.26. The summed E-state index contributed by atoms with van der Waals surface area (Å²) in [5.74, 6) is 0.307. The second kappa shape index (κ2) is 4.97. The van der Waals surface area contributed by atoms with Gasteiger partial charge in [-0.25, -0.2) is 0 Å². The molecule has 0 aliphatic heterocycles. The Labute approximate surface area is 115 Å². The van der Waals surface area contributed by atoms with E-state index in [1.807, 2.05) is 13.8 Å². The smallest absolute Gasteiger partial charge is 0.240 e. The molecule has 1 aliphatic carbocycles. The SMILES string of the molecule is Cc1ccc(C)c(C(C)NC(=O)C(C)(N)C2CC2)c1. The van der Waals surface area contributed by atoms with E-state index in [4.69, 9.17) is 5.73 Å². The van der Waals surface area contributed by atoms with Crippen molar-refractivity contribution >= 4 is 5.91 Å². The van der Waals surface area contributed by atoms with Crippen molar-refractivity contribution in [3.05, 3.63) is 34.9 Å². The zero-order valence-corrected chi connectivity index (χ0v) is 12.3. The zero-order chi connectivity index (χ0) is 14.2. The summed E-state index contributed by atoms with van der Waals surface area (Å²) in [6.07, 6.45) is 2.14. The Hall–Kier alpha value is -1.35. The minimum absolute atomic E-state index is 0.00553. The first kappa shape index (κ1) is 14.1. The van der Waals surface area contributed by atoms with E-state index in [1.165, 1.54) is 16.7 Å². The molecule has 2 unspecified atom stereocenters. The molecule has 0 heterocycles. The van der Waals surface area contributed by atoms with Crippen LogP contribution in [0.2, 0.25) is 0 Å². The maximum Gasteiger partial charge on any atom is 0.240 e. The van der Waals surface area contributed by atoms with Crippen LogP contribution in [-0.4, -0.2) is 11.4 Å². The van der Waals surface area contributed by atoms with Crippen molar-refractivity contribution < 1.29 is 4.79 Å². The third kappa shape index (κ3) is 2.98. The molecule has 3 heteroatoms. The predicted octanol–water partition coefficient (Wildman–Crippen LogP) is 2.61. The molecular formula is C16H24N2O. The Kier molecular flexibility index (Phi) is 3.68. The highest BCUT2D eigenvalue weighted by Gasteiger charge is 2.44. The summed E-state index contributed by atoms with van der Waals surface area (Å²) in [6, 6.07) is 6.31. The average molecular weight is 260 g/mol. The van der Waals surface area contributed by atoms with Gasteiger partial charge in [0.2, 0.25) is 5.91 Å². The van der Waals surface area contributed by atoms with Crippen molar-refractivity contribution in [3.63, 3.8) is 0 Å². The average Bonchev–Trinajstić information content (AvgIpc) is 3.16. The number of nitrogens with one attached hydrogen (secondary N) is 1. The van der Waals surface area contributed by atoms with E-state index in [0.29, 0.717) is 5.92 Å². The Balaban J connectivity index is 2.10. The van der Waals surface area contributed by atoms with E-state index in [-0.39, 0.29) is 11.9 Å². The Morgan fingerprint density at radius 3 is 2.63 bits per heavy atom.